The maximum absolute atomic E-state index is 5.98. The van der Waals surface area contributed by atoms with Gasteiger partial charge >= 0.3 is 0 Å². The number of hydrogen-bond donors (Lipinski definition) is 0. The maximum atomic E-state index is 5.98. The molecule has 0 aliphatic rings. The zero-order valence-electron chi connectivity index (χ0n) is 10.1. The summed E-state index contributed by atoms with van der Waals surface area (Å²) in [6.45, 7) is 0. The molecule has 0 bridgehead atoms. The van der Waals surface area contributed by atoms with Crippen molar-refractivity contribution in [3.63, 3.8) is 0 Å². The molecular formula is C16H11ClN2. The van der Waals surface area contributed by atoms with E-state index in [1.807, 2.05) is 60.8 Å². The Labute approximate surface area is 116 Å². The number of rotatable bonds is 2. The van der Waals surface area contributed by atoms with Crippen LogP contribution in [0.4, 0.5) is 0 Å². The van der Waals surface area contributed by atoms with Gasteiger partial charge < -0.3 is 0 Å². The number of halogens is 1. The molecule has 0 unspecified atom stereocenters. The van der Waals surface area contributed by atoms with Gasteiger partial charge in [0.15, 0.2) is 0 Å². The normalized spacial score (nSPS) is 11.2. The van der Waals surface area contributed by atoms with Crippen molar-refractivity contribution < 1.29 is 0 Å². The second-order valence-electron chi connectivity index (χ2n) is 4.19. The first-order chi connectivity index (χ1) is 9.31. The first-order valence-corrected chi connectivity index (χ1v) is 6.33. The molecule has 0 fully saturated rings. The lowest BCUT2D eigenvalue weighted by atomic mass is 10.2. The summed E-state index contributed by atoms with van der Waals surface area (Å²) in [4.78, 5) is 8.63. The smallest absolute Gasteiger partial charge is 0.0724 e. The standard InChI is InChI=1S/C16H11ClN2/c17-14-6-4-13-5-8-15(19-16(13)10-14)7-3-12-2-1-9-18-11-12/h1-11H/b7-3-. The molecule has 3 aromatic rings. The third-order valence-corrected chi connectivity index (χ3v) is 3.04. The van der Waals surface area contributed by atoms with Gasteiger partial charge in [-0.25, -0.2) is 4.98 Å². The van der Waals surface area contributed by atoms with Crippen LogP contribution in [0.3, 0.4) is 0 Å². The van der Waals surface area contributed by atoms with Gasteiger partial charge in [0, 0.05) is 22.8 Å². The van der Waals surface area contributed by atoms with Gasteiger partial charge in [0.1, 0.15) is 0 Å². The molecule has 3 heteroatoms. The highest BCUT2D eigenvalue weighted by atomic mass is 35.5. The van der Waals surface area contributed by atoms with Crippen LogP contribution in [0.2, 0.25) is 5.02 Å². The molecule has 3 rings (SSSR count). The van der Waals surface area contributed by atoms with Gasteiger partial charge in [-0.2, -0.15) is 0 Å². The molecule has 0 saturated carbocycles. The van der Waals surface area contributed by atoms with Crippen molar-refractivity contribution in [3.8, 4) is 0 Å². The third-order valence-electron chi connectivity index (χ3n) is 2.81. The number of aromatic nitrogens is 2. The van der Waals surface area contributed by atoms with E-state index in [-0.39, 0.29) is 0 Å². The van der Waals surface area contributed by atoms with Crippen molar-refractivity contribution in [2.75, 3.05) is 0 Å². The number of hydrogen-bond acceptors (Lipinski definition) is 2. The fraction of sp³-hybridized carbons (Fsp3) is 0. The van der Waals surface area contributed by atoms with Crippen molar-refractivity contribution in [2.45, 2.75) is 0 Å². The Hall–Kier alpha value is -2.19. The summed E-state index contributed by atoms with van der Waals surface area (Å²) in [6.07, 6.45) is 7.53. The zero-order valence-corrected chi connectivity index (χ0v) is 10.9. The number of pyridine rings is 2. The molecule has 0 N–H and O–H groups in total. The molecule has 2 aromatic heterocycles. The van der Waals surface area contributed by atoms with Crippen molar-refractivity contribution in [2.24, 2.45) is 0 Å². The highest BCUT2D eigenvalue weighted by molar-refractivity contribution is 6.31. The highest BCUT2D eigenvalue weighted by Gasteiger charge is 1.97. The van der Waals surface area contributed by atoms with Gasteiger partial charge in [0.25, 0.3) is 0 Å². The summed E-state index contributed by atoms with van der Waals surface area (Å²) in [7, 11) is 0. The van der Waals surface area contributed by atoms with E-state index in [9.17, 15) is 0 Å². The Morgan fingerprint density at radius 3 is 2.74 bits per heavy atom. The third kappa shape index (κ3) is 2.80. The summed E-state index contributed by atoms with van der Waals surface area (Å²) in [6, 6.07) is 13.7. The summed E-state index contributed by atoms with van der Waals surface area (Å²) < 4.78 is 0. The van der Waals surface area contributed by atoms with E-state index in [0.717, 1.165) is 22.2 Å². The van der Waals surface area contributed by atoms with Gasteiger partial charge in [-0.3, -0.25) is 4.98 Å². The van der Waals surface area contributed by atoms with Crippen LogP contribution in [0.25, 0.3) is 23.1 Å². The van der Waals surface area contributed by atoms with Crippen molar-refractivity contribution in [1.29, 1.82) is 0 Å². The second-order valence-corrected chi connectivity index (χ2v) is 4.63. The second kappa shape index (κ2) is 5.21. The Bertz CT molecular complexity index is 736. The molecule has 92 valence electrons. The molecule has 0 spiro atoms. The van der Waals surface area contributed by atoms with E-state index in [1.165, 1.54) is 0 Å². The number of benzene rings is 1. The van der Waals surface area contributed by atoms with Gasteiger partial charge in [-0.15, -0.1) is 0 Å². The average Bonchev–Trinajstić information content (AvgIpc) is 2.46. The summed E-state index contributed by atoms with van der Waals surface area (Å²) in [5, 5.41) is 1.79. The Morgan fingerprint density at radius 2 is 1.89 bits per heavy atom. The van der Waals surface area contributed by atoms with Crippen LogP contribution in [0.5, 0.6) is 0 Å². The molecule has 2 nitrogen and oxygen atoms in total. The van der Waals surface area contributed by atoms with Crippen molar-refractivity contribution >= 4 is 34.7 Å². The molecule has 0 saturated heterocycles. The molecule has 0 aliphatic heterocycles. The molecule has 2 heterocycles. The lowest BCUT2D eigenvalue weighted by Crippen LogP contribution is -1.83. The van der Waals surface area contributed by atoms with E-state index in [1.54, 1.807) is 6.20 Å². The summed E-state index contributed by atoms with van der Waals surface area (Å²) >= 11 is 5.98. The summed E-state index contributed by atoms with van der Waals surface area (Å²) in [5.74, 6) is 0. The van der Waals surface area contributed by atoms with E-state index >= 15 is 0 Å². The lowest BCUT2D eigenvalue weighted by molar-refractivity contribution is 1.32. The maximum Gasteiger partial charge on any atom is 0.0724 e. The van der Waals surface area contributed by atoms with Crippen LogP contribution >= 0.6 is 11.6 Å². The molecule has 0 atom stereocenters. The van der Waals surface area contributed by atoms with Crippen LogP contribution in [0.1, 0.15) is 11.3 Å². The van der Waals surface area contributed by atoms with Gasteiger partial charge in [-0.05, 0) is 35.9 Å². The van der Waals surface area contributed by atoms with Crippen molar-refractivity contribution in [3.05, 3.63) is 71.1 Å². The highest BCUT2D eigenvalue weighted by Crippen LogP contribution is 2.18. The van der Waals surface area contributed by atoms with E-state index in [2.05, 4.69) is 9.97 Å². The van der Waals surface area contributed by atoms with E-state index in [0.29, 0.717) is 5.02 Å². The molecule has 0 aliphatic carbocycles. The molecule has 0 amide bonds. The van der Waals surface area contributed by atoms with E-state index < -0.39 is 0 Å². The van der Waals surface area contributed by atoms with Crippen LogP contribution in [0, 0.1) is 0 Å². The fourth-order valence-corrected chi connectivity index (χ4v) is 2.02. The topological polar surface area (TPSA) is 25.8 Å². The Morgan fingerprint density at radius 1 is 1.00 bits per heavy atom. The average molecular weight is 267 g/mol. The Balaban J connectivity index is 1.95. The fourth-order valence-electron chi connectivity index (χ4n) is 1.86. The van der Waals surface area contributed by atoms with Gasteiger partial charge in [0.2, 0.25) is 0 Å². The molecule has 0 radical (unpaired) electrons. The summed E-state index contributed by atoms with van der Waals surface area (Å²) in [5.41, 5.74) is 2.86. The minimum atomic E-state index is 0.702. The minimum Gasteiger partial charge on any atom is -0.264 e. The largest absolute Gasteiger partial charge is 0.264 e. The predicted molar refractivity (Wildman–Crippen MR) is 79.9 cm³/mol. The monoisotopic (exact) mass is 266 g/mol. The van der Waals surface area contributed by atoms with Crippen LogP contribution < -0.4 is 0 Å². The lowest BCUT2D eigenvalue weighted by Gasteiger charge is -1.99. The minimum absolute atomic E-state index is 0.702. The predicted octanol–water partition coefficient (Wildman–Crippen LogP) is 4.45. The quantitative estimate of drug-likeness (QED) is 0.685. The first kappa shape index (κ1) is 11.9. The zero-order chi connectivity index (χ0) is 13.1. The SMILES string of the molecule is Clc1ccc2ccc(/C=C\c3cccnc3)nc2c1. The van der Waals surface area contributed by atoms with E-state index in [4.69, 9.17) is 11.6 Å². The molecular weight excluding hydrogens is 256 g/mol. The van der Waals surface area contributed by atoms with Crippen molar-refractivity contribution in [1.82, 2.24) is 9.97 Å². The van der Waals surface area contributed by atoms with Crippen LogP contribution in [-0.4, -0.2) is 9.97 Å². The molecule has 19 heavy (non-hydrogen) atoms. The van der Waals surface area contributed by atoms with Gasteiger partial charge in [-0.1, -0.05) is 35.9 Å². The number of fused-ring (bicyclic) bond motifs is 1. The van der Waals surface area contributed by atoms with Gasteiger partial charge in [0.05, 0.1) is 11.2 Å². The number of nitrogens with zero attached hydrogens (tertiary/aromatic N) is 2. The van der Waals surface area contributed by atoms with Crippen LogP contribution in [0.15, 0.2) is 54.9 Å². The van der Waals surface area contributed by atoms with Crippen LogP contribution in [-0.2, 0) is 0 Å². The first-order valence-electron chi connectivity index (χ1n) is 5.96. The Kier molecular flexibility index (Phi) is 3.25. The molecule has 1 aromatic carbocycles.